The summed E-state index contributed by atoms with van der Waals surface area (Å²) in [6.07, 6.45) is 0.904. The highest BCUT2D eigenvalue weighted by molar-refractivity contribution is 5.94. The minimum Gasteiger partial charge on any atom is -0.481 e. The van der Waals surface area contributed by atoms with E-state index in [4.69, 9.17) is 15.5 Å². The maximum absolute atomic E-state index is 11.1. The predicted octanol–water partition coefficient (Wildman–Crippen LogP) is 1.45. The number of nitrogens with zero attached hydrogens (tertiary/aromatic N) is 2. The van der Waals surface area contributed by atoms with Crippen LogP contribution in [0.1, 0.15) is 12.0 Å². The molecular weight excluding hydrogens is 274 g/mol. The fourth-order valence-electron chi connectivity index (χ4n) is 1.89. The number of carbonyl (C=O) groups is 2. The Morgan fingerprint density at radius 3 is 2.71 bits per heavy atom. The maximum atomic E-state index is 11.1. The van der Waals surface area contributed by atoms with Crippen molar-refractivity contribution in [2.24, 2.45) is 0 Å². The molecule has 1 aromatic heterocycles. The second kappa shape index (κ2) is 5.88. The van der Waals surface area contributed by atoms with Gasteiger partial charge in [0.15, 0.2) is 0 Å². The quantitative estimate of drug-likeness (QED) is 0.759. The lowest BCUT2D eigenvalue weighted by atomic mass is 10.1. The highest BCUT2D eigenvalue weighted by atomic mass is 16.4. The molecule has 1 atom stereocenters. The first-order valence-electron chi connectivity index (χ1n) is 6.01. The van der Waals surface area contributed by atoms with Crippen LogP contribution in [0, 0.1) is 11.3 Å². The van der Waals surface area contributed by atoms with Gasteiger partial charge in [-0.3, -0.25) is 4.79 Å². The number of carboxylic acid groups (broad SMARTS) is 2. The maximum Gasteiger partial charge on any atom is 0.326 e. The molecule has 1 unspecified atom stereocenters. The molecule has 1 aromatic carbocycles. The van der Waals surface area contributed by atoms with Crippen LogP contribution in [-0.4, -0.2) is 33.2 Å². The van der Waals surface area contributed by atoms with Crippen LogP contribution in [0.15, 0.2) is 30.5 Å². The van der Waals surface area contributed by atoms with Crippen molar-refractivity contribution in [3.05, 3.63) is 36.0 Å². The molecule has 1 heterocycles. The van der Waals surface area contributed by atoms with Crippen LogP contribution < -0.4 is 5.32 Å². The van der Waals surface area contributed by atoms with E-state index in [1.165, 1.54) is 6.20 Å². The van der Waals surface area contributed by atoms with Crippen molar-refractivity contribution in [2.75, 3.05) is 5.32 Å². The Morgan fingerprint density at radius 2 is 2.10 bits per heavy atom. The second-order valence-corrected chi connectivity index (χ2v) is 4.34. The third kappa shape index (κ3) is 3.25. The Kier molecular flexibility index (Phi) is 4.00. The van der Waals surface area contributed by atoms with Crippen molar-refractivity contribution in [3.63, 3.8) is 0 Å². The van der Waals surface area contributed by atoms with Crippen LogP contribution in [-0.2, 0) is 9.59 Å². The van der Waals surface area contributed by atoms with Crippen molar-refractivity contribution in [3.8, 4) is 6.07 Å². The summed E-state index contributed by atoms with van der Waals surface area (Å²) in [7, 11) is 0. The summed E-state index contributed by atoms with van der Waals surface area (Å²) < 4.78 is 0. The van der Waals surface area contributed by atoms with Gasteiger partial charge in [-0.25, -0.2) is 9.78 Å². The molecule has 0 spiro atoms. The van der Waals surface area contributed by atoms with E-state index in [0.29, 0.717) is 10.9 Å². The van der Waals surface area contributed by atoms with Crippen molar-refractivity contribution >= 4 is 28.5 Å². The molecule has 0 amide bonds. The number of nitriles is 1. The number of rotatable bonds is 5. The summed E-state index contributed by atoms with van der Waals surface area (Å²) in [5.41, 5.74) is 0.406. The normalized spacial score (nSPS) is 11.6. The zero-order chi connectivity index (χ0) is 15.4. The van der Waals surface area contributed by atoms with E-state index < -0.39 is 24.4 Å². The monoisotopic (exact) mass is 285 g/mol. The molecular formula is C14H11N3O4. The lowest BCUT2D eigenvalue weighted by molar-refractivity contribution is -0.144. The molecule has 106 valence electrons. The number of benzene rings is 1. The number of hydrogen-bond donors (Lipinski definition) is 3. The molecule has 2 aromatic rings. The zero-order valence-corrected chi connectivity index (χ0v) is 10.8. The molecule has 7 nitrogen and oxygen atoms in total. The Morgan fingerprint density at radius 1 is 1.33 bits per heavy atom. The number of carboxylic acids is 2. The third-order valence-electron chi connectivity index (χ3n) is 2.88. The standard InChI is InChI=1S/C14H11N3O4/c15-7-8-1-2-9-3-4-16-13(10(9)5-8)17-11(14(20)21)6-12(18)19/h1-5,11H,6H2,(H,16,17)(H,18,19)(H,20,21). The average molecular weight is 285 g/mol. The van der Waals surface area contributed by atoms with E-state index in [0.717, 1.165) is 5.39 Å². The molecule has 0 aliphatic carbocycles. The number of nitrogens with one attached hydrogen (secondary N) is 1. The van der Waals surface area contributed by atoms with Crippen molar-refractivity contribution in [2.45, 2.75) is 12.5 Å². The molecule has 0 fully saturated rings. The predicted molar refractivity (Wildman–Crippen MR) is 73.8 cm³/mol. The molecule has 2 rings (SSSR count). The van der Waals surface area contributed by atoms with Gasteiger partial charge < -0.3 is 15.5 Å². The first-order chi connectivity index (χ1) is 10.0. The van der Waals surface area contributed by atoms with E-state index in [1.54, 1.807) is 24.3 Å². The first-order valence-corrected chi connectivity index (χ1v) is 6.01. The summed E-state index contributed by atoms with van der Waals surface area (Å²) in [5, 5.41) is 30.6. The van der Waals surface area contributed by atoms with Crippen LogP contribution in [0.25, 0.3) is 10.8 Å². The minimum absolute atomic E-state index is 0.234. The highest BCUT2D eigenvalue weighted by Gasteiger charge is 2.22. The van der Waals surface area contributed by atoms with Gasteiger partial charge in [-0.2, -0.15) is 5.26 Å². The van der Waals surface area contributed by atoms with Crippen LogP contribution in [0.2, 0.25) is 0 Å². The minimum atomic E-state index is -1.30. The fourth-order valence-corrected chi connectivity index (χ4v) is 1.89. The van der Waals surface area contributed by atoms with Gasteiger partial charge in [0.25, 0.3) is 0 Å². The molecule has 0 saturated heterocycles. The van der Waals surface area contributed by atoms with Gasteiger partial charge in [-0.1, -0.05) is 6.07 Å². The molecule has 7 heteroatoms. The van der Waals surface area contributed by atoms with Crippen LogP contribution in [0.3, 0.4) is 0 Å². The molecule has 21 heavy (non-hydrogen) atoms. The summed E-state index contributed by atoms with van der Waals surface area (Å²) in [6.45, 7) is 0. The summed E-state index contributed by atoms with van der Waals surface area (Å²) >= 11 is 0. The van der Waals surface area contributed by atoms with E-state index in [2.05, 4.69) is 10.3 Å². The Balaban J connectivity index is 2.43. The average Bonchev–Trinajstić information content (AvgIpc) is 2.45. The van der Waals surface area contributed by atoms with E-state index in [9.17, 15) is 9.59 Å². The second-order valence-electron chi connectivity index (χ2n) is 4.34. The molecule has 0 bridgehead atoms. The number of fused-ring (bicyclic) bond motifs is 1. The van der Waals surface area contributed by atoms with Gasteiger partial charge in [-0.15, -0.1) is 0 Å². The SMILES string of the molecule is N#Cc1ccc2ccnc(NC(CC(=O)O)C(=O)O)c2c1. The zero-order valence-electron chi connectivity index (χ0n) is 10.8. The van der Waals surface area contributed by atoms with Crippen LogP contribution >= 0.6 is 0 Å². The number of anilines is 1. The highest BCUT2D eigenvalue weighted by Crippen LogP contribution is 2.23. The number of aromatic nitrogens is 1. The van der Waals surface area contributed by atoms with Gasteiger partial charge in [-0.05, 0) is 23.6 Å². The summed E-state index contributed by atoms with van der Waals surface area (Å²) in [6, 6.07) is 7.33. The number of pyridine rings is 1. The smallest absolute Gasteiger partial charge is 0.326 e. The molecule has 0 radical (unpaired) electrons. The molecule has 0 aliphatic rings. The molecule has 3 N–H and O–H groups in total. The lowest BCUT2D eigenvalue weighted by Crippen LogP contribution is -2.32. The van der Waals surface area contributed by atoms with E-state index in [-0.39, 0.29) is 5.82 Å². The number of aliphatic carboxylic acids is 2. The van der Waals surface area contributed by atoms with E-state index >= 15 is 0 Å². The Labute approximate surface area is 119 Å². The first kappa shape index (κ1) is 14.3. The summed E-state index contributed by atoms with van der Waals surface area (Å²) in [5.74, 6) is -2.28. The summed E-state index contributed by atoms with van der Waals surface area (Å²) in [4.78, 5) is 25.8. The van der Waals surface area contributed by atoms with Gasteiger partial charge in [0.2, 0.25) is 0 Å². The third-order valence-corrected chi connectivity index (χ3v) is 2.88. The largest absolute Gasteiger partial charge is 0.481 e. The molecule has 0 saturated carbocycles. The van der Waals surface area contributed by atoms with Gasteiger partial charge in [0, 0.05) is 11.6 Å². The number of hydrogen-bond acceptors (Lipinski definition) is 5. The van der Waals surface area contributed by atoms with Crippen molar-refractivity contribution in [1.29, 1.82) is 5.26 Å². The lowest BCUT2D eigenvalue weighted by Gasteiger charge is -2.14. The van der Waals surface area contributed by atoms with Crippen molar-refractivity contribution in [1.82, 2.24) is 4.98 Å². The van der Waals surface area contributed by atoms with Gasteiger partial charge in [0.1, 0.15) is 11.9 Å². The van der Waals surface area contributed by atoms with E-state index in [1.807, 2.05) is 6.07 Å². The van der Waals surface area contributed by atoms with Crippen LogP contribution in [0.4, 0.5) is 5.82 Å². The Bertz CT molecular complexity index is 751. The van der Waals surface area contributed by atoms with Gasteiger partial charge in [0.05, 0.1) is 18.1 Å². The fraction of sp³-hybridized carbons (Fsp3) is 0.143. The topological polar surface area (TPSA) is 123 Å². The van der Waals surface area contributed by atoms with Crippen LogP contribution in [0.5, 0.6) is 0 Å². The Hall–Kier alpha value is -3.14. The molecule has 0 aliphatic heterocycles. The van der Waals surface area contributed by atoms with Crippen molar-refractivity contribution < 1.29 is 19.8 Å². The van der Waals surface area contributed by atoms with Gasteiger partial charge >= 0.3 is 11.9 Å².